The molecule has 5 heteroatoms. The lowest BCUT2D eigenvalue weighted by atomic mass is 10.1. The number of anilines is 1. The normalized spacial score (nSPS) is 10.8. The molecule has 2 aromatic carbocycles. The van der Waals surface area contributed by atoms with Crippen molar-refractivity contribution in [1.29, 1.82) is 0 Å². The third-order valence-electron chi connectivity index (χ3n) is 3.27. The van der Waals surface area contributed by atoms with Gasteiger partial charge in [0.2, 0.25) is 0 Å². The van der Waals surface area contributed by atoms with Gasteiger partial charge in [0.05, 0.1) is 17.8 Å². The molecule has 0 spiro atoms. The van der Waals surface area contributed by atoms with E-state index in [9.17, 15) is 4.39 Å². The highest BCUT2D eigenvalue weighted by Crippen LogP contribution is 2.25. The Morgan fingerprint density at radius 3 is 2.76 bits per heavy atom. The van der Waals surface area contributed by atoms with E-state index in [1.165, 1.54) is 6.07 Å². The van der Waals surface area contributed by atoms with Crippen LogP contribution < -0.4 is 5.73 Å². The molecule has 0 atom stereocenters. The Morgan fingerprint density at radius 1 is 1.14 bits per heavy atom. The molecule has 2 N–H and O–H groups in total. The van der Waals surface area contributed by atoms with Crippen LogP contribution in [0.15, 0.2) is 54.9 Å². The second-order valence-corrected chi connectivity index (χ2v) is 5.13. The minimum Gasteiger partial charge on any atom is -0.398 e. The molecule has 0 amide bonds. The molecule has 0 aliphatic rings. The number of hydrogen-bond donors (Lipinski definition) is 1. The Morgan fingerprint density at radius 2 is 1.95 bits per heavy atom. The maximum Gasteiger partial charge on any atom is 0.146 e. The molecular weight excluding hydrogens is 289 g/mol. The van der Waals surface area contributed by atoms with Crippen LogP contribution in [0.3, 0.4) is 0 Å². The van der Waals surface area contributed by atoms with Crippen molar-refractivity contribution >= 4 is 17.3 Å². The van der Waals surface area contributed by atoms with Crippen LogP contribution in [0.5, 0.6) is 0 Å². The van der Waals surface area contributed by atoms with Crippen LogP contribution in [0.2, 0.25) is 5.02 Å². The van der Waals surface area contributed by atoms with Crippen LogP contribution in [0.25, 0.3) is 11.1 Å². The van der Waals surface area contributed by atoms with Crippen molar-refractivity contribution in [2.24, 2.45) is 0 Å². The van der Waals surface area contributed by atoms with Gasteiger partial charge in [-0.05, 0) is 12.1 Å². The summed E-state index contributed by atoms with van der Waals surface area (Å²) in [5, 5.41) is 4.37. The summed E-state index contributed by atoms with van der Waals surface area (Å²) in [6.07, 6.45) is 3.56. The lowest BCUT2D eigenvalue weighted by molar-refractivity contribution is 0.585. The molecule has 0 saturated heterocycles. The zero-order valence-electron chi connectivity index (χ0n) is 11.1. The van der Waals surface area contributed by atoms with Gasteiger partial charge in [-0.25, -0.2) is 4.39 Å². The number of nitrogen functional groups attached to an aromatic ring is 1. The number of nitrogens with two attached hydrogens (primary N) is 1. The monoisotopic (exact) mass is 301 g/mol. The molecule has 0 radical (unpaired) electrons. The SMILES string of the molecule is Nc1ccccc1-c1cnn(Cc2cccc(Cl)c2F)c1. The molecule has 106 valence electrons. The minimum absolute atomic E-state index is 0.118. The number of hydrogen-bond acceptors (Lipinski definition) is 2. The third kappa shape index (κ3) is 2.76. The summed E-state index contributed by atoms with van der Waals surface area (Å²) < 4.78 is 15.6. The topological polar surface area (TPSA) is 43.8 Å². The van der Waals surface area contributed by atoms with Crippen LogP contribution in [0, 0.1) is 5.82 Å². The number of rotatable bonds is 3. The predicted molar refractivity (Wildman–Crippen MR) is 82.6 cm³/mol. The van der Waals surface area contributed by atoms with E-state index in [1.807, 2.05) is 30.5 Å². The standard InChI is InChI=1S/C16H13ClFN3/c17-14-6-3-4-11(16(14)18)9-21-10-12(8-20-21)13-5-1-2-7-15(13)19/h1-8,10H,9,19H2. The third-order valence-corrected chi connectivity index (χ3v) is 3.56. The zero-order chi connectivity index (χ0) is 14.8. The van der Waals surface area contributed by atoms with E-state index in [-0.39, 0.29) is 5.02 Å². The van der Waals surface area contributed by atoms with Crippen LogP contribution in [0.1, 0.15) is 5.56 Å². The predicted octanol–water partition coefficient (Wildman–Crippen LogP) is 3.97. The van der Waals surface area contributed by atoms with Gasteiger partial charge in [0.1, 0.15) is 5.82 Å². The molecule has 3 rings (SSSR count). The summed E-state index contributed by atoms with van der Waals surface area (Å²) in [5.74, 6) is -0.407. The summed E-state index contributed by atoms with van der Waals surface area (Å²) in [6.45, 7) is 0.319. The summed E-state index contributed by atoms with van der Waals surface area (Å²) in [5.41, 5.74) is 8.94. The zero-order valence-corrected chi connectivity index (χ0v) is 11.9. The van der Waals surface area contributed by atoms with Crippen LogP contribution in [-0.4, -0.2) is 9.78 Å². The molecule has 0 aliphatic carbocycles. The molecule has 0 unspecified atom stereocenters. The summed E-state index contributed by atoms with van der Waals surface area (Å²) in [7, 11) is 0. The molecule has 3 nitrogen and oxygen atoms in total. The Kier molecular flexibility index (Phi) is 3.62. The maximum absolute atomic E-state index is 13.9. The van der Waals surface area contributed by atoms with Gasteiger partial charge in [-0.3, -0.25) is 4.68 Å². The summed E-state index contributed by atoms with van der Waals surface area (Å²) >= 11 is 5.78. The second-order valence-electron chi connectivity index (χ2n) is 4.73. The maximum atomic E-state index is 13.9. The van der Waals surface area contributed by atoms with Gasteiger partial charge in [-0.2, -0.15) is 5.10 Å². The summed E-state index contributed by atoms with van der Waals surface area (Å²) in [6, 6.07) is 12.5. The molecule has 1 heterocycles. The molecule has 0 aliphatic heterocycles. The van der Waals surface area contributed by atoms with Gasteiger partial charge in [0.25, 0.3) is 0 Å². The van der Waals surface area contributed by atoms with Crippen molar-refractivity contribution in [3.8, 4) is 11.1 Å². The molecule has 0 fully saturated rings. The first-order valence-electron chi connectivity index (χ1n) is 6.45. The van der Waals surface area contributed by atoms with E-state index in [2.05, 4.69) is 5.10 Å². The lowest BCUT2D eigenvalue weighted by Gasteiger charge is -2.05. The van der Waals surface area contributed by atoms with Crippen molar-refractivity contribution in [1.82, 2.24) is 9.78 Å². The first kappa shape index (κ1) is 13.6. The Hall–Kier alpha value is -2.33. The van der Waals surface area contributed by atoms with Crippen molar-refractivity contribution < 1.29 is 4.39 Å². The Labute approximate surface area is 126 Å². The Balaban J connectivity index is 1.89. The highest BCUT2D eigenvalue weighted by molar-refractivity contribution is 6.30. The van der Waals surface area contributed by atoms with Crippen LogP contribution in [0.4, 0.5) is 10.1 Å². The second kappa shape index (κ2) is 5.58. The van der Waals surface area contributed by atoms with E-state index in [0.717, 1.165) is 11.1 Å². The number of halogens is 2. The van der Waals surface area contributed by atoms with Crippen LogP contribution >= 0.6 is 11.6 Å². The fourth-order valence-electron chi connectivity index (χ4n) is 2.19. The number of para-hydroxylation sites is 1. The molecule has 0 saturated carbocycles. The van der Waals surface area contributed by atoms with Gasteiger partial charge in [-0.1, -0.05) is 41.9 Å². The van der Waals surface area contributed by atoms with Crippen molar-refractivity contribution in [3.05, 3.63) is 71.3 Å². The fraction of sp³-hybridized carbons (Fsp3) is 0.0625. The van der Waals surface area contributed by atoms with E-state index >= 15 is 0 Å². The number of aromatic nitrogens is 2. The molecular formula is C16H13ClFN3. The van der Waals surface area contributed by atoms with E-state index in [1.54, 1.807) is 23.0 Å². The first-order chi connectivity index (χ1) is 10.1. The number of nitrogens with zero attached hydrogens (tertiary/aromatic N) is 2. The van der Waals surface area contributed by atoms with E-state index in [0.29, 0.717) is 17.8 Å². The van der Waals surface area contributed by atoms with Gasteiger partial charge in [0, 0.05) is 28.6 Å². The fourth-order valence-corrected chi connectivity index (χ4v) is 2.39. The lowest BCUT2D eigenvalue weighted by Crippen LogP contribution is -2.02. The minimum atomic E-state index is -0.407. The average molecular weight is 302 g/mol. The summed E-state index contributed by atoms with van der Waals surface area (Å²) in [4.78, 5) is 0. The van der Waals surface area contributed by atoms with Crippen molar-refractivity contribution in [2.45, 2.75) is 6.54 Å². The molecule has 1 aromatic heterocycles. The van der Waals surface area contributed by atoms with E-state index < -0.39 is 5.82 Å². The van der Waals surface area contributed by atoms with Crippen molar-refractivity contribution in [3.63, 3.8) is 0 Å². The van der Waals surface area contributed by atoms with E-state index in [4.69, 9.17) is 17.3 Å². The van der Waals surface area contributed by atoms with Crippen LogP contribution in [-0.2, 0) is 6.54 Å². The Bertz CT molecular complexity index is 783. The molecule has 21 heavy (non-hydrogen) atoms. The van der Waals surface area contributed by atoms with Gasteiger partial charge in [0.15, 0.2) is 0 Å². The van der Waals surface area contributed by atoms with Gasteiger partial charge in [-0.15, -0.1) is 0 Å². The van der Waals surface area contributed by atoms with Gasteiger partial charge >= 0.3 is 0 Å². The highest BCUT2D eigenvalue weighted by atomic mass is 35.5. The highest BCUT2D eigenvalue weighted by Gasteiger charge is 2.09. The molecule has 0 bridgehead atoms. The quantitative estimate of drug-likeness (QED) is 0.744. The van der Waals surface area contributed by atoms with Gasteiger partial charge < -0.3 is 5.73 Å². The molecule has 3 aromatic rings. The number of benzene rings is 2. The largest absolute Gasteiger partial charge is 0.398 e. The first-order valence-corrected chi connectivity index (χ1v) is 6.83. The average Bonchev–Trinajstić information content (AvgIpc) is 2.93. The smallest absolute Gasteiger partial charge is 0.146 e. The van der Waals surface area contributed by atoms with Crippen molar-refractivity contribution in [2.75, 3.05) is 5.73 Å².